The van der Waals surface area contributed by atoms with E-state index in [0.29, 0.717) is 40.7 Å². The Bertz CT molecular complexity index is 2760. The summed E-state index contributed by atoms with van der Waals surface area (Å²) in [4.78, 5) is 44.3. The van der Waals surface area contributed by atoms with Gasteiger partial charge in [0.25, 0.3) is 0 Å². The molecule has 3 N–H and O–H groups in total. The van der Waals surface area contributed by atoms with Gasteiger partial charge >= 0.3 is 17.6 Å². The number of hydrogen-bond acceptors (Lipinski definition) is 11. The van der Waals surface area contributed by atoms with Crippen LogP contribution in [-0.4, -0.2) is 65.9 Å². The van der Waals surface area contributed by atoms with Crippen LogP contribution in [0.5, 0.6) is 5.75 Å². The molecule has 1 fully saturated rings. The summed E-state index contributed by atoms with van der Waals surface area (Å²) < 4.78 is 32.3. The zero-order valence-corrected chi connectivity index (χ0v) is 39.9. The minimum atomic E-state index is -1.31. The highest BCUT2D eigenvalue weighted by molar-refractivity contribution is 5.90. The minimum absolute atomic E-state index is 0.0276. The lowest BCUT2D eigenvalue weighted by Crippen LogP contribution is -2.58. The number of carbonyl (C=O) groups excluding carboxylic acids is 2. The van der Waals surface area contributed by atoms with Crippen LogP contribution < -0.4 is 10.4 Å². The number of rotatable bonds is 11. The largest absolute Gasteiger partial charge is 0.483 e. The Kier molecular flexibility index (Phi) is 14.7. The molecule has 0 spiro atoms. The smallest absolute Gasteiger partial charge is 0.340 e. The number of benzene rings is 4. The number of aryl methyl sites for hydroxylation is 1. The normalized spacial score (nSPS) is 25.3. The van der Waals surface area contributed by atoms with Gasteiger partial charge in [-0.25, -0.2) is 9.59 Å². The molecule has 11 heteroatoms. The lowest BCUT2D eigenvalue weighted by molar-refractivity contribution is -0.199. The van der Waals surface area contributed by atoms with E-state index in [0.717, 1.165) is 43.2 Å². The van der Waals surface area contributed by atoms with Crippen molar-refractivity contribution in [2.45, 2.75) is 120 Å². The molecule has 11 nitrogen and oxygen atoms in total. The van der Waals surface area contributed by atoms with E-state index in [1.165, 1.54) is 23.8 Å². The highest BCUT2D eigenvalue weighted by atomic mass is 16.6. The van der Waals surface area contributed by atoms with Crippen LogP contribution in [0.25, 0.3) is 11.0 Å². The van der Waals surface area contributed by atoms with E-state index in [1.807, 2.05) is 13.0 Å². The second-order valence-corrected chi connectivity index (χ2v) is 19.7. The molecule has 1 saturated carbocycles. The highest BCUT2D eigenvalue weighted by Gasteiger charge is 2.57. The monoisotopic (exact) mass is 936 g/mol. The number of carbonyl (C=O) groups is 2. The van der Waals surface area contributed by atoms with Crippen LogP contribution >= 0.6 is 0 Å². The van der Waals surface area contributed by atoms with E-state index in [2.05, 4.69) is 84.9 Å². The van der Waals surface area contributed by atoms with E-state index in [4.69, 9.17) is 23.4 Å². The molecular weight excluding hydrogens is 873 g/mol. The molecule has 10 rings (SSSR count). The van der Waals surface area contributed by atoms with Crippen molar-refractivity contribution in [3.8, 4) is 5.75 Å². The van der Waals surface area contributed by atoms with Crippen LogP contribution in [0, 0.1) is 11.8 Å². The van der Waals surface area contributed by atoms with Gasteiger partial charge in [-0.2, -0.15) is 0 Å². The topological polar surface area (TPSA) is 162 Å². The molecule has 2 bridgehead atoms. The number of aliphatic hydroxyl groups is 3. The van der Waals surface area contributed by atoms with Gasteiger partial charge in [0.05, 0.1) is 25.4 Å². The van der Waals surface area contributed by atoms with E-state index in [-0.39, 0.29) is 79.5 Å². The van der Waals surface area contributed by atoms with Gasteiger partial charge in [0, 0.05) is 60.3 Å². The Morgan fingerprint density at radius 1 is 0.855 bits per heavy atom. The zero-order chi connectivity index (χ0) is 48.2. The average molecular weight is 937 g/mol. The number of ether oxygens (including phenoxy) is 4. The summed E-state index contributed by atoms with van der Waals surface area (Å²) in [5.74, 6) is -1.82. The number of aliphatic hydroxyl groups excluding tert-OH is 3. The van der Waals surface area contributed by atoms with Crippen molar-refractivity contribution in [3.05, 3.63) is 169 Å². The zero-order valence-electron chi connectivity index (χ0n) is 39.9. The molecule has 0 saturated heterocycles. The molecule has 5 aliphatic rings. The maximum atomic E-state index is 15.2. The Balaban J connectivity index is 1.18. The number of esters is 2. The van der Waals surface area contributed by atoms with Crippen LogP contribution in [0.2, 0.25) is 0 Å². The summed E-state index contributed by atoms with van der Waals surface area (Å²) in [5, 5.41) is 31.8. The maximum Gasteiger partial charge on any atom is 0.340 e. The van der Waals surface area contributed by atoms with Gasteiger partial charge in [-0.3, -0.25) is 4.79 Å². The van der Waals surface area contributed by atoms with E-state index < -0.39 is 47.9 Å². The van der Waals surface area contributed by atoms with Gasteiger partial charge in [-0.15, -0.1) is 0 Å². The molecule has 5 aromatic rings. The lowest BCUT2D eigenvalue weighted by atomic mass is 9.72. The van der Waals surface area contributed by atoms with E-state index in [9.17, 15) is 24.9 Å². The van der Waals surface area contributed by atoms with E-state index in [1.54, 1.807) is 19.1 Å². The summed E-state index contributed by atoms with van der Waals surface area (Å²) in [6, 6.07) is 30.9. The van der Waals surface area contributed by atoms with Crippen molar-refractivity contribution in [1.82, 2.24) is 0 Å². The third-order valence-electron chi connectivity index (χ3n) is 15.4. The fraction of sp³-hybridized carbons (Fsp3) is 0.431. The molecule has 1 aromatic heterocycles. The van der Waals surface area contributed by atoms with Crippen LogP contribution in [0.15, 0.2) is 124 Å². The average Bonchev–Trinajstić information content (AvgIpc) is 3.91. The molecule has 3 aliphatic heterocycles. The maximum absolute atomic E-state index is 15.2. The van der Waals surface area contributed by atoms with Gasteiger partial charge in [0.15, 0.2) is 12.2 Å². The van der Waals surface area contributed by atoms with Gasteiger partial charge < -0.3 is 38.7 Å². The molecule has 362 valence electrons. The second-order valence-electron chi connectivity index (χ2n) is 19.7. The van der Waals surface area contributed by atoms with Gasteiger partial charge in [0.2, 0.25) is 0 Å². The highest BCUT2D eigenvalue weighted by Crippen LogP contribution is 2.53. The first kappa shape index (κ1) is 48.2. The van der Waals surface area contributed by atoms with Crippen molar-refractivity contribution >= 4 is 22.9 Å². The standard InChI is InChI=1S/C58H64O11/c1-35(32-60)45-22-18-36-16-19-39(20-17-36)46-23-21-41(40-13-9-12-38(29-40)28-37-10-5-4-6-11-37)30-43(46)31-50(62)66-54-52-49(69-58(2,44-14-7-8-15-44)55(54)68-56(45)63)25-24-47-48(33-61)51(57(64)67-53(47)52)42(26-27-59)34-65-3/h4-6,9-13,16-17,19-21,23-25,29,41-44,46,54-55,59-61H,7-8,14-15,18,22,26-28,30-34H2,1-3H3. The van der Waals surface area contributed by atoms with Crippen LogP contribution in [0.1, 0.15) is 134 Å². The number of fused-ring (bicyclic) bond motifs is 11. The summed E-state index contributed by atoms with van der Waals surface area (Å²) >= 11 is 0. The quantitative estimate of drug-likeness (QED) is 0.0501. The number of hydrogen-bond donors (Lipinski definition) is 3. The molecule has 69 heavy (non-hydrogen) atoms. The van der Waals surface area contributed by atoms with Gasteiger partial charge in [-0.1, -0.05) is 104 Å². The lowest BCUT2D eigenvalue weighted by Gasteiger charge is -2.48. The molecule has 7 atom stereocenters. The summed E-state index contributed by atoms with van der Waals surface area (Å²) in [6.45, 7) is 2.60. The van der Waals surface area contributed by atoms with Crippen molar-refractivity contribution in [3.63, 3.8) is 0 Å². The Morgan fingerprint density at radius 3 is 2.35 bits per heavy atom. The third kappa shape index (κ3) is 9.84. The molecular formula is C58H64O11. The van der Waals surface area contributed by atoms with Crippen LogP contribution in [0.3, 0.4) is 0 Å². The summed E-state index contributed by atoms with van der Waals surface area (Å²) in [7, 11) is 1.50. The summed E-state index contributed by atoms with van der Waals surface area (Å²) in [6.07, 6.45) is 7.90. The molecule has 4 heterocycles. The Morgan fingerprint density at radius 2 is 1.62 bits per heavy atom. The van der Waals surface area contributed by atoms with Crippen LogP contribution in [-0.2, 0) is 43.2 Å². The second kappa shape index (κ2) is 21.0. The Labute approximate surface area is 403 Å². The SMILES string of the molecule is COCC(CCO)c1c(CO)c2ccc3c(c2oc1=O)C1OC(=O)CC2CC(c4cccc(Cc5ccccc5)c4)C=CC2c2ccc(cc2)CCC(=C(C)CO)C(=O)OC1C(C)(C1CCCC1)O3. The fourth-order valence-corrected chi connectivity index (χ4v) is 11.7. The Hall–Kier alpha value is -5.85. The van der Waals surface area contributed by atoms with Crippen molar-refractivity contribution in [2.24, 2.45) is 11.8 Å². The molecule has 0 radical (unpaired) electrons. The molecule has 2 aliphatic carbocycles. The molecule has 4 aromatic carbocycles. The first-order valence-corrected chi connectivity index (χ1v) is 24.6. The predicted octanol–water partition coefficient (Wildman–Crippen LogP) is 9.61. The summed E-state index contributed by atoms with van der Waals surface area (Å²) in [5.41, 5.74) is 5.27. The number of methoxy groups -OCH3 is 1. The van der Waals surface area contributed by atoms with Crippen LogP contribution in [0.4, 0.5) is 0 Å². The van der Waals surface area contributed by atoms with Gasteiger partial charge in [-0.05, 0) is 116 Å². The van der Waals surface area contributed by atoms with E-state index >= 15 is 4.79 Å². The minimum Gasteiger partial charge on any atom is -0.483 e. The van der Waals surface area contributed by atoms with Crippen molar-refractivity contribution in [2.75, 3.05) is 26.9 Å². The third-order valence-corrected chi connectivity index (χ3v) is 15.4. The first-order chi connectivity index (χ1) is 33.5. The first-order valence-electron chi connectivity index (χ1n) is 24.6. The van der Waals surface area contributed by atoms with Crippen molar-refractivity contribution < 1.29 is 48.3 Å². The van der Waals surface area contributed by atoms with Crippen molar-refractivity contribution in [1.29, 1.82) is 0 Å². The molecule has 0 amide bonds. The predicted molar refractivity (Wildman–Crippen MR) is 262 cm³/mol. The van der Waals surface area contributed by atoms with Gasteiger partial charge in [0.1, 0.15) is 16.9 Å². The molecule has 7 unspecified atom stereocenters. The number of allylic oxidation sites excluding steroid dienone is 2. The fourth-order valence-electron chi connectivity index (χ4n) is 11.7.